The third kappa shape index (κ3) is 5.00. The first-order chi connectivity index (χ1) is 12.0. The van der Waals surface area contributed by atoms with Crippen LogP contribution in [0.25, 0.3) is 0 Å². The predicted molar refractivity (Wildman–Crippen MR) is 98.0 cm³/mol. The zero-order chi connectivity index (χ0) is 18.3. The van der Waals surface area contributed by atoms with Crippen molar-refractivity contribution < 1.29 is 18.7 Å². The van der Waals surface area contributed by atoms with Crippen LogP contribution in [0.5, 0.6) is 0 Å². The summed E-state index contributed by atoms with van der Waals surface area (Å²) in [4.78, 5) is 11.1. The molecule has 0 spiro atoms. The number of hydrogen-bond donors (Lipinski definition) is 1. The Hall–Kier alpha value is -1.97. The molecule has 0 saturated carbocycles. The fourth-order valence-corrected chi connectivity index (χ4v) is 3.04. The number of carbonyl (C=O) groups is 1. The molecule has 0 fully saturated rings. The molecule has 2 aromatic heterocycles. The van der Waals surface area contributed by atoms with Gasteiger partial charge in [-0.05, 0) is 50.5 Å². The molecule has 0 unspecified atom stereocenters. The minimum atomic E-state index is -0.804. The second-order valence-electron chi connectivity index (χ2n) is 6.96. The van der Waals surface area contributed by atoms with Crippen LogP contribution in [0, 0.1) is 0 Å². The summed E-state index contributed by atoms with van der Waals surface area (Å²) in [6.45, 7) is 6.32. The maximum Gasteiger partial charge on any atom is 0.303 e. The number of aryl methyl sites for hydroxylation is 2. The van der Waals surface area contributed by atoms with E-state index in [4.69, 9.17) is 13.9 Å². The maximum absolute atomic E-state index is 11.1. The van der Waals surface area contributed by atoms with E-state index in [1.807, 2.05) is 31.2 Å². The number of furan rings is 2. The van der Waals surface area contributed by atoms with Crippen LogP contribution in [0.1, 0.15) is 82.3 Å². The normalized spacial score (nSPS) is 11.8. The van der Waals surface area contributed by atoms with E-state index in [0.29, 0.717) is 6.42 Å². The van der Waals surface area contributed by atoms with Gasteiger partial charge in [-0.3, -0.25) is 4.79 Å². The minimum Gasteiger partial charge on any atom is -0.481 e. The van der Waals surface area contributed by atoms with Crippen LogP contribution in [-0.4, -0.2) is 11.1 Å². The van der Waals surface area contributed by atoms with E-state index in [-0.39, 0.29) is 6.42 Å². The molecule has 1 N–H and O–H groups in total. The second-order valence-corrected chi connectivity index (χ2v) is 6.96. The summed E-state index contributed by atoms with van der Waals surface area (Å²) in [5, 5.41) is 9.15. The van der Waals surface area contributed by atoms with Gasteiger partial charge in [-0.2, -0.15) is 0 Å². The van der Waals surface area contributed by atoms with Gasteiger partial charge in [-0.15, -0.1) is 0 Å². The summed E-state index contributed by atoms with van der Waals surface area (Å²) in [7, 11) is 0. The Balaban J connectivity index is 2.27. The lowest BCUT2D eigenvalue weighted by molar-refractivity contribution is -0.137. The number of hydrogen-bond acceptors (Lipinski definition) is 3. The molecular weight excluding hydrogens is 316 g/mol. The van der Waals surface area contributed by atoms with Crippen molar-refractivity contribution in [3.8, 4) is 0 Å². The van der Waals surface area contributed by atoms with Crippen molar-refractivity contribution in [2.45, 2.75) is 77.6 Å². The van der Waals surface area contributed by atoms with Gasteiger partial charge in [0.05, 0.1) is 5.41 Å². The summed E-state index contributed by atoms with van der Waals surface area (Å²) < 4.78 is 12.2. The fraction of sp³-hybridized carbons (Fsp3) is 0.571. The van der Waals surface area contributed by atoms with E-state index in [9.17, 15) is 4.79 Å². The van der Waals surface area contributed by atoms with Gasteiger partial charge in [-0.1, -0.05) is 26.7 Å². The molecule has 2 rings (SSSR count). The summed E-state index contributed by atoms with van der Waals surface area (Å²) in [5.41, 5.74) is -0.562. The van der Waals surface area contributed by atoms with E-state index < -0.39 is 11.4 Å². The summed E-state index contributed by atoms with van der Waals surface area (Å²) in [6, 6.07) is 7.96. The molecule has 4 nitrogen and oxygen atoms in total. The summed E-state index contributed by atoms with van der Waals surface area (Å²) >= 11 is 0. The zero-order valence-corrected chi connectivity index (χ0v) is 15.6. The van der Waals surface area contributed by atoms with Crippen LogP contribution in [0.4, 0.5) is 0 Å². The van der Waals surface area contributed by atoms with Gasteiger partial charge in [0.15, 0.2) is 0 Å². The van der Waals surface area contributed by atoms with Gasteiger partial charge in [0, 0.05) is 19.3 Å². The Kier molecular flexibility index (Phi) is 6.91. The van der Waals surface area contributed by atoms with Crippen molar-refractivity contribution in [1.29, 1.82) is 0 Å². The monoisotopic (exact) mass is 346 g/mol. The molecule has 0 amide bonds. The molecule has 4 heteroatoms. The lowest BCUT2D eigenvalue weighted by Gasteiger charge is -2.24. The van der Waals surface area contributed by atoms with Crippen LogP contribution in [0.2, 0.25) is 0 Å². The first-order valence-electron chi connectivity index (χ1n) is 9.39. The minimum absolute atomic E-state index is 0.0759. The quantitative estimate of drug-likeness (QED) is 0.564. The molecule has 0 bridgehead atoms. The van der Waals surface area contributed by atoms with Gasteiger partial charge in [-0.25, -0.2) is 0 Å². The predicted octanol–water partition coefficient (Wildman–Crippen LogP) is 5.73. The van der Waals surface area contributed by atoms with Crippen LogP contribution in [0.15, 0.2) is 33.1 Å². The maximum atomic E-state index is 11.1. The third-order valence-corrected chi connectivity index (χ3v) is 4.80. The van der Waals surface area contributed by atoms with Gasteiger partial charge in [0.1, 0.15) is 23.0 Å². The van der Waals surface area contributed by atoms with Crippen LogP contribution < -0.4 is 0 Å². The van der Waals surface area contributed by atoms with E-state index in [0.717, 1.165) is 61.6 Å². The third-order valence-electron chi connectivity index (χ3n) is 4.80. The number of carboxylic acid groups (broad SMARTS) is 1. The molecular formula is C21H30O4. The molecule has 0 aliphatic rings. The van der Waals surface area contributed by atoms with Crippen LogP contribution in [-0.2, 0) is 23.1 Å². The summed E-state index contributed by atoms with van der Waals surface area (Å²) in [5.74, 6) is 2.68. The fourth-order valence-electron chi connectivity index (χ4n) is 3.04. The molecule has 2 heterocycles. The van der Waals surface area contributed by atoms with Crippen molar-refractivity contribution >= 4 is 5.97 Å². The molecule has 0 radical (unpaired) electrons. The molecule has 0 aliphatic heterocycles. The molecule has 0 aromatic carbocycles. The molecule has 138 valence electrons. The van der Waals surface area contributed by atoms with Crippen LogP contribution >= 0.6 is 0 Å². The highest BCUT2D eigenvalue weighted by atomic mass is 16.4. The lowest BCUT2D eigenvalue weighted by atomic mass is 9.80. The Morgan fingerprint density at radius 2 is 1.44 bits per heavy atom. The lowest BCUT2D eigenvalue weighted by Crippen LogP contribution is -2.23. The first kappa shape index (κ1) is 19.4. The smallest absolute Gasteiger partial charge is 0.303 e. The van der Waals surface area contributed by atoms with E-state index in [2.05, 4.69) is 13.8 Å². The highest BCUT2D eigenvalue weighted by Crippen LogP contribution is 2.38. The van der Waals surface area contributed by atoms with Crippen molar-refractivity contribution in [3.05, 3.63) is 47.3 Å². The number of carboxylic acids is 1. The SMILES string of the molecule is CCCCc1ccc(C(C)(CCC(=O)O)c2ccc(CCCC)o2)o1. The molecule has 2 aromatic rings. The highest BCUT2D eigenvalue weighted by molar-refractivity contribution is 5.67. The van der Waals surface area contributed by atoms with Gasteiger partial charge in [0.25, 0.3) is 0 Å². The van der Waals surface area contributed by atoms with Crippen molar-refractivity contribution in [2.24, 2.45) is 0 Å². The van der Waals surface area contributed by atoms with Crippen molar-refractivity contribution in [2.75, 3.05) is 0 Å². The first-order valence-corrected chi connectivity index (χ1v) is 9.39. The second kappa shape index (κ2) is 8.93. The molecule has 0 atom stereocenters. The Morgan fingerprint density at radius 1 is 0.960 bits per heavy atom. The van der Waals surface area contributed by atoms with Gasteiger partial charge in [0.2, 0.25) is 0 Å². The molecule has 25 heavy (non-hydrogen) atoms. The Bertz CT molecular complexity index is 619. The van der Waals surface area contributed by atoms with Gasteiger partial charge >= 0.3 is 5.97 Å². The molecule has 0 aliphatic carbocycles. The number of aliphatic carboxylic acids is 1. The number of rotatable bonds is 11. The Morgan fingerprint density at radius 3 is 1.84 bits per heavy atom. The van der Waals surface area contributed by atoms with E-state index in [1.54, 1.807) is 0 Å². The number of unbranched alkanes of at least 4 members (excludes halogenated alkanes) is 2. The van der Waals surface area contributed by atoms with Crippen molar-refractivity contribution in [3.63, 3.8) is 0 Å². The van der Waals surface area contributed by atoms with E-state index in [1.165, 1.54) is 0 Å². The van der Waals surface area contributed by atoms with E-state index >= 15 is 0 Å². The van der Waals surface area contributed by atoms with Crippen molar-refractivity contribution in [1.82, 2.24) is 0 Å². The molecule has 0 saturated heterocycles. The van der Waals surface area contributed by atoms with Crippen LogP contribution in [0.3, 0.4) is 0 Å². The Labute approximate surface area is 150 Å². The topological polar surface area (TPSA) is 63.6 Å². The summed E-state index contributed by atoms with van der Waals surface area (Å²) in [6.07, 6.45) is 6.74. The average Bonchev–Trinajstić information content (AvgIpc) is 3.26. The average molecular weight is 346 g/mol. The largest absolute Gasteiger partial charge is 0.481 e. The van der Waals surface area contributed by atoms with Gasteiger partial charge < -0.3 is 13.9 Å². The zero-order valence-electron chi connectivity index (χ0n) is 15.6. The standard InChI is InChI=1S/C21H30O4/c1-4-6-8-16-10-12-18(24-16)21(3,15-14-20(22)23)19-13-11-17(25-19)9-7-5-2/h10-13H,4-9,14-15H2,1-3H3,(H,22,23). The highest BCUT2D eigenvalue weighted by Gasteiger charge is 2.36.